The molecule has 2 aromatic carbocycles. The van der Waals surface area contributed by atoms with Gasteiger partial charge in [0.25, 0.3) is 0 Å². The van der Waals surface area contributed by atoms with Gasteiger partial charge in [-0.25, -0.2) is 4.98 Å². The van der Waals surface area contributed by atoms with E-state index in [-0.39, 0.29) is 11.8 Å². The molecule has 33 heavy (non-hydrogen) atoms. The van der Waals surface area contributed by atoms with E-state index < -0.39 is 0 Å². The number of hydrogen-bond donors (Lipinski definition) is 0. The van der Waals surface area contributed by atoms with E-state index in [4.69, 9.17) is 32.9 Å². The van der Waals surface area contributed by atoms with Gasteiger partial charge in [0.15, 0.2) is 5.13 Å². The summed E-state index contributed by atoms with van der Waals surface area (Å²) in [5.74, 6) is 1.23. The van der Waals surface area contributed by atoms with Crippen LogP contribution in [-0.2, 0) is 4.79 Å². The number of hydrogen-bond acceptors (Lipinski definition) is 6. The van der Waals surface area contributed by atoms with Gasteiger partial charge in [-0.1, -0.05) is 34.5 Å². The minimum absolute atomic E-state index is 0.0900. The molecule has 2 fully saturated rings. The summed E-state index contributed by atoms with van der Waals surface area (Å²) in [6.45, 7) is 4.79. The third-order valence-corrected chi connectivity index (χ3v) is 8.38. The summed E-state index contributed by atoms with van der Waals surface area (Å²) in [4.78, 5) is 24.6. The quantitative estimate of drug-likeness (QED) is 0.489. The second kappa shape index (κ2) is 9.57. The number of fused-ring (bicyclic) bond motifs is 1. The Labute approximate surface area is 207 Å². The lowest BCUT2D eigenvalue weighted by atomic mass is 9.95. The van der Waals surface area contributed by atoms with Crippen LogP contribution in [0, 0.1) is 5.92 Å². The van der Waals surface area contributed by atoms with Crippen molar-refractivity contribution in [2.24, 2.45) is 5.92 Å². The average Bonchev–Trinajstić information content (AvgIpc) is 3.29. The molecule has 0 spiro atoms. The molecule has 174 valence electrons. The molecular weight excluding hydrogens is 479 g/mol. The largest absolute Gasteiger partial charge is 0.497 e. The minimum Gasteiger partial charge on any atom is -0.497 e. The highest BCUT2D eigenvalue weighted by Crippen LogP contribution is 2.34. The molecule has 2 aliphatic rings. The van der Waals surface area contributed by atoms with Crippen molar-refractivity contribution in [1.29, 1.82) is 0 Å². The number of nitrogens with zero attached hydrogens (tertiary/aromatic N) is 4. The van der Waals surface area contributed by atoms with Crippen molar-refractivity contribution in [3.8, 4) is 5.75 Å². The first-order valence-corrected chi connectivity index (χ1v) is 12.8. The standard InChI is InChI=1S/C24H26Cl2N4O2S/c1-32-18-3-5-21-22(15-18)33-24(27-21)30-8-6-16(7-9-30)23(31)29-12-10-28(11-13-29)17-2-4-19(25)20(26)14-17/h2-5,14-16H,6-13H2,1H3. The fourth-order valence-corrected chi connectivity index (χ4v) is 5.94. The van der Waals surface area contributed by atoms with Gasteiger partial charge in [-0.05, 0) is 49.2 Å². The van der Waals surface area contributed by atoms with E-state index >= 15 is 0 Å². The molecule has 0 bridgehead atoms. The number of thiazole rings is 1. The number of carbonyl (C=O) groups is 1. The van der Waals surface area contributed by atoms with Crippen LogP contribution in [0.4, 0.5) is 10.8 Å². The zero-order chi connectivity index (χ0) is 22.9. The van der Waals surface area contributed by atoms with Gasteiger partial charge in [0.2, 0.25) is 5.91 Å². The number of carbonyl (C=O) groups excluding carboxylic acids is 1. The lowest BCUT2D eigenvalue weighted by molar-refractivity contribution is -0.136. The monoisotopic (exact) mass is 504 g/mol. The third-order valence-electron chi connectivity index (χ3n) is 6.56. The second-order valence-corrected chi connectivity index (χ2v) is 10.3. The number of halogens is 2. The number of anilines is 2. The average molecular weight is 505 g/mol. The first kappa shape index (κ1) is 22.6. The molecule has 5 rings (SSSR count). The van der Waals surface area contributed by atoms with Crippen molar-refractivity contribution >= 4 is 61.5 Å². The van der Waals surface area contributed by atoms with E-state index in [1.165, 1.54) is 0 Å². The van der Waals surface area contributed by atoms with Crippen molar-refractivity contribution in [1.82, 2.24) is 9.88 Å². The van der Waals surface area contributed by atoms with Crippen LogP contribution in [0.1, 0.15) is 12.8 Å². The van der Waals surface area contributed by atoms with Crippen molar-refractivity contribution in [2.45, 2.75) is 12.8 Å². The highest BCUT2D eigenvalue weighted by atomic mass is 35.5. The van der Waals surface area contributed by atoms with E-state index in [0.29, 0.717) is 10.0 Å². The Balaban J connectivity index is 1.15. The third kappa shape index (κ3) is 4.72. The summed E-state index contributed by atoms with van der Waals surface area (Å²) in [6, 6.07) is 11.7. The summed E-state index contributed by atoms with van der Waals surface area (Å²) >= 11 is 13.9. The van der Waals surface area contributed by atoms with Gasteiger partial charge in [0.1, 0.15) is 5.75 Å². The molecule has 2 aliphatic heterocycles. The van der Waals surface area contributed by atoms with E-state index in [2.05, 4.69) is 9.80 Å². The summed E-state index contributed by atoms with van der Waals surface area (Å²) in [7, 11) is 1.68. The number of benzene rings is 2. The molecule has 0 saturated carbocycles. The lowest BCUT2D eigenvalue weighted by Gasteiger charge is -2.39. The number of amides is 1. The summed E-state index contributed by atoms with van der Waals surface area (Å²) in [5.41, 5.74) is 2.05. The maximum absolute atomic E-state index is 13.2. The highest BCUT2D eigenvalue weighted by molar-refractivity contribution is 7.22. The van der Waals surface area contributed by atoms with Crippen molar-refractivity contribution in [2.75, 3.05) is 56.2 Å². The van der Waals surface area contributed by atoms with Crippen LogP contribution < -0.4 is 14.5 Å². The Morgan fingerprint density at radius 2 is 1.73 bits per heavy atom. The summed E-state index contributed by atoms with van der Waals surface area (Å²) < 4.78 is 6.45. The van der Waals surface area contributed by atoms with E-state index in [0.717, 1.165) is 78.9 Å². The first-order chi connectivity index (χ1) is 16.0. The molecule has 0 radical (unpaired) electrons. The predicted molar refractivity (Wildman–Crippen MR) is 136 cm³/mol. The predicted octanol–water partition coefficient (Wildman–Crippen LogP) is 5.18. The molecule has 0 atom stereocenters. The van der Waals surface area contributed by atoms with Crippen molar-refractivity contribution in [3.05, 3.63) is 46.4 Å². The van der Waals surface area contributed by atoms with E-state index in [1.807, 2.05) is 41.3 Å². The molecule has 3 heterocycles. The molecule has 9 heteroatoms. The SMILES string of the molecule is COc1ccc2nc(N3CCC(C(=O)N4CCN(c5ccc(Cl)c(Cl)c5)CC4)CC3)sc2c1. The van der Waals surface area contributed by atoms with Gasteiger partial charge in [-0.3, -0.25) is 4.79 Å². The van der Waals surface area contributed by atoms with Gasteiger partial charge in [-0.15, -0.1) is 0 Å². The van der Waals surface area contributed by atoms with Gasteiger partial charge in [0.05, 0.1) is 27.4 Å². The Hall–Kier alpha value is -2.22. The Morgan fingerprint density at radius 1 is 0.970 bits per heavy atom. The summed E-state index contributed by atoms with van der Waals surface area (Å²) in [5, 5.41) is 2.15. The van der Waals surface area contributed by atoms with Crippen LogP contribution in [0.3, 0.4) is 0 Å². The lowest BCUT2D eigenvalue weighted by Crippen LogP contribution is -2.51. The molecular formula is C24H26Cl2N4O2S. The number of aromatic nitrogens is 1. The fraction of sp³-hybridized carbons (Fsp3) is 0.417. The number of rotatable bonds is 4. The smallest absolute Gasteiger partial charge is 0.225 e. The number of piperazine rings is 1. The first-order valence-electron chi connectivity index (χ1n) is 11.2. The molecule has 2 saturated heterocycles. The van der Waals surface area contributed by atoms with Crippen LogP contribution >= 0.6 is 34.5 Å². The highest BCUT2D eigenvalue weighted by Gasteiger charge is 2.31. The van der Waals surface area contributed by atoms with Gasteiger partial charge in [0, 0.05) is 50.9 Å². The zero-order valence-corrected chi connectivity index (χ0v) is 20.8. The van der Waals surface area contributed by atoms with Gasteiger partial charge < -0.3 is 19.4 Å². The molecule has 0 N–H and O–H groups in total. The van der Waals surface area contributed by atoms with Crippen molar-refractivity contribution < 1.29 is 9.53 Å². The normalized spacial score (nSPS) is 17.6. The zero-order valence-electron chi connectivity index (χ0n) is 18.5. The molecule has 0 aliphatic carbocycles. The number of methoxy groups -OCH3 is 1. The van der Waals surface area contributed by atoms with E-state index in [1.54, 1.807) is 18.4 Å². The Kier molecular flexibility index (Phi) is 6.54. The van der Waals surface area contributed by atoms with E-state index in [9.17, 15) is 4.79 Å². The second-order valence-electron chi connectivity index (χ2n) is 8.50. The van der Waals surface area contributed by atoms with Crippen molar-refractivity contribution in [3.63, 3.8) is 0 Å². The molecule has 6 nitrogen and oxygen atoms in total. The fourth-order valence-electron chi connectivity index (χ4n) is 4.60. The minimum atomic E-state index is 0.0900. The van der Waals surface area contributed by atoms with Crippen LogP contribution in [0.25, 0.3) is 10.2 Å². The Bertz CT molecular complexity index is 1150. The Morgan fingerprint density at radius 3 is 2.42 bits per heavy atom. The molecule has 1 aromatic heterocycles. The van der Waals surface area contributed by atoms with Crippen LogP contribution in [0.15, 0.2) is 36.4 Å². The topological polar surface area (TPSA) is 48.9 Å². The van der Waals surface area contributed by atoms with Crippen LogP contribution in [-0.4, -0.2) is 62.2 Å². The molecule has 0 unspecified atom stereocenters. The number of ether oxygens (including phenoxy) is 1. The van der Waals surface area contributed by atoms with Gasteiger partial charge >= 0.3 is 0 Å². The van der Waals surface area contributed by atoms with Crippen LogP contribution in [0.5, 0.6) is 5.75 Å². The van der Waals surface area contributed by atoms with Gasteiger partial charge in [-0.2, -0.15) is 0 Å². The number of piperidine rings is 1. The summed E-state index contributed by atoms with van der Waals surface area (Å²) in [6.07, 6.45) is 1.73. The molecule has 3 aromatic rings. The molecule has 1 amide bonds. The van der Waals surface area contributed by atoms with Crippen LogP contribution in [0.2, 0.25) is 10.0 Å². The maximum atomic E-state index is 13.2. The maximum Gasteiger partial charge on any atom is 0.225 e.